The van der Waals surface area contributed by atoms with Crippen LogP contribution in [-0.2, 0) is 6.54 Å². The number of benzene rings is 1. The van der Waals surface area contributed by atoms with E-state index in [1.54, 1.807) is 0 Å². The molecular weight excluding hydrogens is 258 g/mol. The van der Waals surface area contributed by atoms with Crippen molar-refractivity contribution in [2.75, 3.05) is 13.1 Å². The summed E-state index contributed by atoms with van der Waals surface area (Å²) in [6.45, 7) is 5.45. The zero-order valence-electron chi connectivity index (χ0n) is 12.6. The van der Waals surface area contributed by atoms with E-state index in [2.05, 4.69) is 64.6 Å². The van der Waals surface area contributed by atoms with Crippen LogP contribution in [-0.4, -0.2) is 29.0 Å². The largest absolute Gasteiger partial charge is 0.309 e. The Kier molecular flexibility index (Phi) is 4.63. The van der Waals surface area contributed by atoms with Crippen LogP contribution in [0.5, 0.6) is 0 Å². The van der Waals surface area contributed by atoms with Crippen LogP contribution >= 0.6 is 0 Å². The molecule has 21 heavy (non-hydrogen) atoms. The van der Waals surface area contributed by atoms with Gasteiger partial charge in [0.2, 0.25) is 0 Å². The van der Waals surface area contributed by atoms with Gasteiger partial charge in [-0.3, -0.25) is 9.88 Å². The molecular formula is C18H23N3. The Morgan fingerprint density at radius 1 is 1.14 bits per heavy atom. The molecule has 0 spiro atoms. The maximum Gasteiger partial charge on any atom is 0.0449 e. The molecule has 0 amide bonds. The zero-order chi connectivity index (χ0) is 14.5. The Morgan fingerprint density at radius 3 is 2.67 bits per heavy atom. The van der Waals surface area contributed by atoms with Crippen LogP contribution in [0.1, 0.15) is 30.5 Å². The topological polar surface area (TPSA) is 28.2 Å². The van der Waals surface area contributed by atoms with E-state index in [4.69, 9.17) is 0 Å². The molecule has 3 nitrogen and oxygen atoms in total. The highest BCUT2D eigenvalue weighted by molar-refractivity contribution is 5.20. The van der Waals surface area contributed by atoms with Gasteiger partial charge in [-0.2, -0.15) is 0 Å². The molecule has 1 aliphatic heterocycles. The fourth-order valence-electron chi connectivity index (χ4n) is 2.98. The van der Waals surface area contributed by atoms with Crippen LogP contribution in [0.3, 0.4) is 0 Å². The molecule has 2 unspecified atom stereocenters. The highest BCUT2D eigenvalue weighted by atomic mass is 15.2. The van der Waals surface area contributed by atoms with E-state index < -0.39 is 0 Å². The molecule has 3 rings (SSSR count). The first-order chi connectivity index (χ1) is 10.3. The number of nitrogens with one attached hydrogen (secondary N) is 1. The summed E-state index contributed by atoms with van der Waals surface area (Å²) in [7, 11) is 0. The van der Waals surface area contributed by atoms with Crippen molar-refractivity contribution in [1.29, 1.82) is 0 Å². The third-order valence-electron chi connectivity index (χ3n) is 4.33. The normalized spacial score (nSPS) is 23.7. The number of hydrogen-bond donors (Lipinski definition) is 1. The quantitative estimate of drug-likeness (QED) is 0.937. The lowest BCUT2D eigenvalue weighted by Crippen LogP contribution is -2.35. The monoisotopic (exact) mass is 281 g/mol. The van der Waals surface area contributed by atoms with Gasteiger partial charge in [-0.25, -0.2) is 0 Å². The van der Waals surface area contributed by atoms with Gasteiger partial charge in [0.25, 0.3) is 0 Å². The highest BCUT2D eigenvalue weighted by Gasteiger charge is 2.23. The molecule has 110 valence electrons. The maximum absolute atomic E-state index is 4.11. The molecule has 2 aromatic rings. The smallest absolute Gasteiger partial charge is 0.0449 e. The van der Waals surface area contributed by atoms with E-state index in [1.807, 2.05) is 12.4 Å². The van der Waals surface area contributed by atoms with Gasteiger partial charge >= 0.3 is 0 Å². The molecule has 1 aliphatic rings. The van der Waals surface area contributed by atoms with E-state index in [-0.39, 0.29) is 0 Å². The van der Waals surface area contributed by atoms with Gasteiger partial charge in [-0.1, -0.05) is 30.3 Å². The Balaban J connectivity index is 1.75. The first kappa shape index (κ1) is 14.2. The predicted octanol–water partition coefficient (Wildman–Crippen LogP) is 3.01. The molecule has 1 aromatic carbocycles. The Hall–Kier alpha value is -1.71. The van der Waals surface area contributed by atoms with E-state index in [9.17, 15) is 0 Å². The van der Waals surface area contributed by atoms with Gasteiger partial charge < -0.3 is 5.32 Å². The second kappa shape index (κ2) is 6.83. The van der Waals surface area contributed by atoms with Gasteiger partial charge in [0.05, 0.1) is 0 Å². The van der Waals surface area contributed by atoms with E-state index in [0.29, 0.717) is 12.1 Å². The van der Waals surface area contributed by atoms with Gasteiger partial charge in [0.15, 0.2) is 0 Å². The molecule has 0 saturated carbocycles. The Morgan fingerprint density at radius 2 is 1.90 bits per heavy atom. The molecule has 3 heteroatoms. The standard InChI is InChI=1S/C18H23N3/c1-15-7-12-20-18(17-5-3-2-4-6-17)14-21(15)13-16-8-10-19-11-9-16/h2-6,8-11,15,18,20H,7,12-14H2,1H3. The minimum Gasteiger partial charge on any atom is -0.309 e. The average Bonchev–Trinajstić information content (AvgIpc) is 2.72. The van der Waals surface area contributed by atoms with Crippen molar-refractivity contribution >= 4 is 0 Å². The summed E-state index contributed by atoms with van der Waals surface area (Å²) in [4.78, 5) is 6.68. The molecule has 0 radical (unpaired) electrons. The van der Waals surface area contributed by atoms with Crippen LogP contribution < -0.4 is 5.32 Å². The fourth-order valence-corrected chi connectivity index (χ4v) is 2.98. The molecule has 2 atom stereocenters. The fraction of sp³-hybridized carbons (Fsp3) is 0.389. The van der Waals surface area contributed by atoms with Crippen LogP contribution in [0.4, 0.5) is 0 Å². The predicted molar refractivity (Wildman–Crippen MR) is 85.9 cm³/mol. The SMILES string of the molecule is CC1CCNC(c2ccccc2)CN1Cc1ccncc1. The Bertz CT molecular complexity index is 541. The van der Waals surface area contributed by atoms with Gasteiger partial charge in [0, 0.05) is 37.6 Å². The van der Waals surface area contributed by atoms with Crippen molar-refractivity contribution in [2.45, 2.75) is 32.0 Å². The summed E-state index contributed by atoms with van der Waals surface area (Å²) < 4.78 is 0. The molecule has 0 aliphatic carbocycles. The number of nitrogens with zero attached hydrogens (tertiary/aromatic N) is 2. The molecule has 1 N–H and O–H groups in total. The van der Waals surface area contributed by atoms with E-state index in [1.165, 1.54) is 17.5 Å². The zero-order valence-corrected chi connectivity index (χ0v) is 12.6. The van der Waals surface area contributed by atoms with Gasteiger partial charge in [-0.05, 0) is 43.1 Å². The van der Waals surface area contributed by atoms with Crippen LogP contribution in [0, 0.1) is 0 Å². The lowest BCUT2D eigenvalue weighted by Gasteiger charge is -2.29. The van der Waals surface area contributed by atoms with E-state index >= 15 is 0 Å². The number of pyridine rings is 1. The Labute approximate surface area is 127 Å². The molecule has 0 bridgehead atoms. The first-order valence-corrected chi connectivity index (χ1v) is 7.74. The second-order valence-electron chi connectivity index (χ2n) is 5.84. The van der Waals surface area contributed by atoms with Gasteiger partial charge in [0.1, 0.15) is 0 Å². The molecule has 1 saturated heterocycles. The number of rotatable bonds is 3. The van der Waals surface area contributed by atoms with Crippen LogP contribution in [0.15, 0.2) is 54.9 Å². The third-order valence-corrected chi connectivity index (χ3v) is 4.33. The van der Waals surface area contributed by atoms with Crippen molar-refractivity contribution in [2.24, 2.45) is 0 Å². The van der Waals surface area contributed by atoms with Crippen LogP contribution in [0.25, 0.3) is 0 Å². The summed E-state index contributed by atoms with van der Waals surface area (Å²) in [5.74, 6) is 0. The van der Waals surface area contributed by atoms with Crippen molar-refractivity contribution in [3.63, 3.8) is 0 Å². The van der Waals surface area contributed by atoms with Crippen molar-refractivity contribution < 1.29 is 0 Å². The molecule has 1 fully saturated rings. The minimum atomic E-state index is 0.415. The molecule has 1 aromatic heterocycles. The molecule has 2 heterocycles. The lowest BCUT2D eigenvalue weighted by atomic mass is 10.1. The summed E-state index contributed by atoms with van der Waals surface area (Å²) >= 11 is 0. The number of hydrogen-bond acceptors (Lipinski definition) is 3. The number of aromatic nitrogens is 1. The lowest BCUT2D eigenvalue weighted by molar-refractivity contribution is 0.196. The second-order valence-corrected chi connectivity index (χ2v) is 5.84. The van der Waals surface area contributed by atoms with E-state index in [0.717, 1.165) is 19.6 Å². The van der Waals surface area contributed by atoms with Crippen molar-refractivity contribution in [1.82, 2.24) is 15.2 Å². The van der Waals surface area contributed by atoms with Crippen LogP contribution in [0.2, 0.25) is 0 Å². The summed E-state index contributed by atoms with van der Waals surface area (Å²) in [6.07, 6.45) is 4.95. The van der Waals surface area contributed by atoms with Gasteiger partial charge in [-0.15, -0.1) is 0 Å². The first-order valence-electron chi connectivity index (χ1n) is 7.74. The maximum atomic E-state index is 4.11. The third kappa shape index (κ3) is 3.69. The summed E-state index contributed by atoms with van der Waals surface area (Å²) in [5.41, 5.74) is 2.72. The summed E-state index contributed by atoms with van der Waals surface area (Å²) in [6, 6.07) is 16.0. The minimum absolute atomic E-state index is 0.415. The average molecular weight is 281 g/mol. The van der Waals surface area contributed by atoms with Crippen molar-refractivity contribution in [3.8, 4) is 0 Å². The summed E-state index contributed by atoms with van der Waals surface area (Å²) in [5, 5.41) is 3.69. The van der Waals surface area contributed by atoms with Crippen molar-refractivity contribution in [3.05, 3.63) is 66.0 Å². The highest BCUT2D eigenvalue weighted by Crippen LogP contribution is 2.21.